The maximum Gasteiger partial charge on any atom is 0.250 e. The molecule has 1 aliphatic rings. The quantitative estimate of drug-likeness (QED) is 0.693. The molecule has 0 radical (unpaired) electrons. The van der Waals surface area contributed by atoms with Crippen molar-refractivity contribution in [1.82, 2.24) is 14.5 Å². The van der Waals surface area contributed by atoms with Gasteiger partial charge in [-0.1, -0.05) is 31.2 Å². The van der Waals surface area contributed by atoms with Gasteiger partial charge in [-0.2, -0.15) is 0 Å². The number of likely N-dealkylation sites (N-methyl/N-ethyl adjacent to an activating group) is 1. The number of rotatable bonds is 7. The summed E-state index contributed by atoms with van der Waals surface area (Å²) in [6.07, 6.45) is 0. The molecule has 5 nitrogen and oxygen atoms in total. The first-order chi connectivity index (χ1) is 12.5. The smallest absolute Gasteiger partial charge is 0.250 e. The number of thiophene rings is 1. The van der Waals surface area contributed by atoms with Gasteiger partial charge < -0.3 is 4.90 Å². The summed E-state index contributed by atoms with van der Waals surface area (Å²) < 4.78 is 28.8. The maximum absolute atomic E-state index is 12.5. The van der Waals surface area contributed by atoms with Crippen molar-refractivity contribution < 1.29 is 8.42 Å². The number of halogens is 1. The van der Waals surface area contributed by atoms with Crippen molar-refractivity contribution in [2.75, 3.05) is 32.7 Å². The minimum atomic E-state index is -3.48. The molecular weight excluding hydrogens is 434 g/mol. The molecule has 1 N–H and O–H groups in total. The van der Waals surface area contributed by atoms with E-state index in [9.17, 15) is 8.42 Å². The second kappa shape index (κ2) is 8.95. The van der Waals surface area contributed by atoms with Crippen molar-refractivity contribution in [1.29, 1.82) is 0 Å². The first-order valence-corrected chi connectivity index (χ1v) is 11.8. The molecule has 26 heavy (non-hydrogen) atoms. The van der Waals surface area contributed by atoms with E-state index < -0.39 is 10.0 Å². The Morgan fingerprint density at radius 1 is 1.04 bits per heavy atom. The molecule has 0 atom stereocenters. The molecule has 0 bridgehead atoms. The normalized spacial score (nSPS) is 16.8. The number of hydrogen-bond donors (Lipinski definition) is 1. The minimum absolute atomic E-state index is 0.308. The number of nitrogens with one attached hydrogen (secondary N) is 1. The third kappa shape index (κ3) is 5.15. The lowest BCUT2D eigenvalue weighted by atomic mass is 10.1. The zero-order valence-corrected chi connectivity index (χ0v) is 18.0. The SMILES string of the molecule is CCN1CCN(Cc2ccccc2CNS(=O)(=O)c2ccc(Br)s2)CC1. The Bertz CT molecular complexity index is 830. The highest BCUT2D eigenvalue weighted by atomic mass is 79.9. The molecule has 3 rings (SSSR count). The predicted molar refractivity (Wildman–Crippen MR) is 110 cm³/mol. The summed E-state index contributed by atoms with van der Waals surface area (Å²) in [4.78, 5) is 4.89. The molecule has 2 aromatic rings. The molecule has 0 saturated carbocycles. The Balaban J connectivity index is 1.64. The van der Waals surface area contributed by atoms with E-state index in [1.54, 1.807) is 12.1 Å². The molecule has 1 fully saturated rings. The lowest BCUT2D eigenvalue weighted by molar-refractivity contribution is 0.131. The highest BCUT2D eigenvalue weighted by Gasteiger charge is 2.19. The molecule has 1 aromatic carbocycles. The highest BCUT2D eigenvalue weighted by Crippen LogP contribution is 2.26. The summed E-state index contributed by atoms with van der Waals surface area (Å²) in [6.45, 7) is 8.77. The van der Waals surface area contributed by atoms with Crippen LogP contribution in [0.1, 0.15) is 18.1 Å². The lowest BCUT2D eigenvalue weighted by Crippen LogP contribution is -2.45. The van der Waals surface area contributed by atoms with Gasteiger partial charge in [0.1, 0.15) is 4.21 Å². The zero-order valence-electron chi connectivity index (χ0n) is 14.8. The van der Waals surface area contributed by atoms with Crippen LogP contribution < -0.4 is 4.72 Å². The van der Waals surface area contributed by atoms with E-state index in [0.717, 1.165) is 48.6 Å². The number of hydrogen-bond acceptors (Lipinski definition) is 5. The van der Waals surface area contributed by atoms with Crippen LogP contribution >= 0.6 is 27.3 Å². The van der Waals surface area contributed by atoms with Gasteiger partial charge in [-0.15, -0.1) is 11.3 Å². The Morgan fingerprint density at radius 2 is 1.69 bits per heavy atom. The first-order valence-electron chi connectivity index (χ1n) is 8.74. The minimum Gasteiger partial charge on any atom is -0.301 e. The number of sulfonamides is 1. The van der Waals surface area contributed by atoms with Crippen molar-refractivity contribution >= 4 is 37.3 Å². The van der Waals surface area contributed by atoms with Gasteiger partial charge in [0.05, 0.1) is 3.79 Å². The molecule has 2 heterocycles. The van der Waals surface area contributed by atoms with Gasteiger partial charge in [-0.3, -0.25) is 4.90 Å². The van der Waals surface area contributed by atoms with E-state index in [0.29, 0.717) is 10.8 Å². The zero-order chi connectivity index (χ0) is 18.6. The second-order valence-corrected chi connectivity index (χ2v) is 10.8. The number of piperazine rings is 1. The molecular formula is C18H24BrN3O2S2. The summed E-state index contributed by atoms with van der Waals surface area (Å²) in [5, 5.41) is 0. The van der Waals surface area contributed by atoms with Crippen molar-refractivity contribution in [2.24, 2.45) is 0 Å². The van der Waals surface area contributed by atoms with Gasteiger partial charge in [0.25, 0.3) is 0 Å². The van der Waals surface area contributed by atoms with Crippen molar-refractivity contribution in [2.45, 2.75) is 24.2 Å². The van der Waals surface area contributed by atoms with E-state index in [1.807, 2.05) is 18.2 Å². The second-order valence-electron chi connectivity index (χ2n) is 6.36. The van der Waals surface area contributed by atoms with Crippen LogP contribution in [-0.2, 0) is 23.1 Å². The van der Waals surface area contributed by atoms with E-state index in [4.69, 9.17) is 0 Å². The van der Waals surface area contributed by atoms with Crippen LogP contribution in [0.5, 0.6) is 0 Å². The van der Waals surface area contributed by atoms with Gasteiger partial charge in [-0.25, -0.2) is 13.1 Å². The molecule has 0 amide bonds. The molecule has 0 unspecified atom stereocenters. The van der Waals surface area contributed by atoms with Gasteiger partial charge in [0, 0.05) is 39.3 Å². The fraction of sp³-hybridized carbons (Fsp3) is 0.444. The van der Waals surface area contributed by atoms with Crippen LogP contribution in [0.3, 0.4) is 0 Å². The fourth-order valence-electron chi connectivity index (χ4n) is 3.07. The molecule has 142 valence electrons. The average molecular weight is 458 g/mol. The number of nitrogens with zero attached hydrogens (tertiary/aromatic N) is 2. The Kier molecular flexibility index (Phi) is 6.87. The Labute approximate surface area is 168 Å². The van der Waals surface area contributed by atoms with Crippen LogP contribution in [0, 0.1) is 0 Å². The molecule has 1 aromatic heterocycles. The van der Waals surface area contributed by atoms with E-state index in [2.05, 4.69) is 43.4 Å². The summed E-state index contributed by atoms with van der Waals surface area (Å²) >= 11 is 4.53. The van der Waals surface area contributed by atoms with Crippen LogP contribution in [-0.4, -0.2) is 50.9 Å². The summed E-state index contributed by atoms with van der Waals surface area (Å²) in [5.74, 6) is 0. The van der Waals surface area contributed by atoms with Gasteiger partial charge in [-0.05, 0) is 45.7 Å². The van der Waals surface area contributed by atoms with Crippen LogP contribution in [0.4, 0.5) is 0 Å². The topological polar surface area (TPSA) is 52.6 Å². The van der Waals surface area contributed by atoms with Crippen LogP contribution in [0.25, 0.3) is 0 Å². The van der Waals surface area contributed by atoms with Crippen molar-refractivity contribution in [3.8, 4) is 0 Å². The van der Waals surface area contributed by atoms with E-state index >= 15 is 0 Å². The monoisotopic (exact) mass is 457 g/mol. The summed E-state index contributed by atoms with van der Waals surface area (Å²) in [7, 11) is -3.48. The van der Waals surface area contributed by atoms with Crippen molar-refractivity contribution in [3.05, 3.63) is 51.3 Å². The molecule has 0 spiro atoms. The van der Waals surface area contributed by atoms with Crippen LogP contribution in [0.2, 0.25) is 0 Å². The summed E-state index contributed by atoms with van der Waals surface area (Å²) in [5.41, 5.74) is 2.22. The first kappa shape index (κ1) is 20.0. The molecule has 1 aliphatic heterocycles. The fourth-order valence-corrected chi connectivity index (χ4v) is 6.14. The lowest BCUT2D eigenvalue weighted by Gasteiger charge is -2.34. The maximum atomic E-state index is 12.5. The van der Waals surface area contributed by atoms with Crippen molar-refractivity contribution in [3.63, 3.8) is 0 Å². The Morgan fingerprint density at radius 3 is 2.31 bits per heavy atom. The molecule has 1 saturated heterocycles. The van der Waals surface area contributed by atoms with E-state index in [-0.39, 0.29) is 0 Å². The standard InChI is InChI=1S/C18H24BrN3O2S2/c1-2-21-9-11-22(12-10-21)14-16-6-4-3-5-15(16)13-20-26(23,24)18-8-7-17(19)25-18/h3-8,20H,2,9-14H2,1H3. The van der Waals surface area contributed by atoms with Gasteiger partial charge >= 0.3 is 0 Å². The summed E-state index contributed by atoms with van der Waals surface area (Å²) in [6, 6.07) is 11.5. The highest BCUT2D eigenvalue weighted by molar-refractivity contribution is 9.11. The predicted octanol–water partition coefficient (Wildman–Crippen LogP) is 3.13. The van der Waals surface area contributed by atoms with Crippen LogP contribution in [0.15, 0.2) is 44.4 Å². The molecule has 0 aliphatic carbocycles. The van der Waals surface area contributed by atoms with Gasteiger partial charge in [0.2, 0.25) is 10.0 Å². The third-order valence-corrected chi connectivity index (χ3v) is 8.21. The average Bonchev–Trinajstić information content (AvgIpc) is 3.09. The van der Waals surface area contributed by atoms with Gasteiger partial charge in [0.15, 0.2) is 0 Å². The molecule has 8 heteroatoms. The Hall–Kier alpha value is -0.770. The largest absolute Gasteiger partial charge is 0.301 e. The third-order valence-electron chi connectivity index (χ3n) is 4.69. The van der Waals surface area contributed by atoms with E-state index in [1.165, 1.54) is 16.9 Å². The number of benzene rings is 1.